The van der Waals surface area contributed by atoms with E-state index in [1.54, 1.807) is 66.5 Å². The molecule has 0 saturated carbocycles. The van der Waals surface area contributed by atoms with Gasteiger partial charge >= 0.3 is 6.03 Å². The van der Waals surface area contributed by atoms with Crippen LogP contribution in [0.5, 0.6) is 11.5 Å². The molecule has 1 aliphatic rings. The Morgan fingerprint density at radius 2 is 1.50 bits per heavy atom. The smallest absolute Gasteiger partial charge is 0.322 e. The first kappa shape index (κ1) is 19.8. The van der Waals surface area contributed by atoms with E-state index in [1.807, 2.05) is 0 Å². The zero-order chi connectivity index (χ0) is 20.1. The van der Waals surface area contributed by atoms with Crippen molar-refractivity contribution in [3.8, 4) is 11.5 Å². The van der Waals surface area contributed by atoms with Gasteiger partial charge in [-0.25, -0.2) is 4.79 Å². The number of rotatable bonds is 4. The van der Waals surface area contributed by atoms with E-state index in [2.05, 4.69) is 5.32 Å². The Morgan fingerprint density at radius 3 is 2.07 bits per heavy atom. The summed E-state index contributed by atoms with van der Waals surface area (Å²) in [5.41, 5.74) is 1.06. The van der Waals surface area contributed by atoms with Crippen LogP contribution in [-0.2, 0) is 0 Å². The highest BCUT2D eigenvalue weighted by molar-refractivity contribution is 6.33. The molecule has 3 amide bonds. The van der Waals surface area contributed by atoms with Gasteiger partial charge in [0, 0.05) is 37.8 Å². The molecule has 148 valence electrons. The van der Waals surface area contributed by atoms with Gasteiger partial charge in [0.2, 0.25) is 0 Å². The molecule has 1 saturated heterocycles. The first-order chi connectivity index (χ1) is 13.5. The number of hydrogen-bond donors (Lipinski definition) is 1. The Balaban J connectivity index is 1.61. The van der Waals surface area contributed by atoms with Gasteiger partial charge in [0.25, 0.3) is 5.91 Å². The van der Waals surface area contributed by atoms with Crippen LogP contribution in [0.1, 0.15) is 10.4 Å². The standard InChI is InChI=1S/C20H22ClN3O4/c1-27-15-11-14(12-16(13-15)28-2)19(25)23-7-9-24(10-8-23)20(26)22-18-6-4-3-5-17(18)21/h3-6,11-13H,7-10H2,1-2H3,(H,22,26). The Bertz CT molecular complexity index is 844. The van der Waals surface area contributed by atoms with Crippen LogP contribution in [0.2, 0.25) is 5.02 Å². The average Bonchev–Trinajstić information content (AvgIpc) is 2.74. The number of para-hydroxylation sites is 1. The number of benzene rings is 2. The molecule has 2 aromatic rings. The van der Waals surface area contributed by atoms with Gasteiger partial charge in [-0.1, -0.05) is 23.7 Å². The van der Waals surface area contributed by atoms with Crippen LogP contribution >= 0.6 is 11.6 Å². The highest BCUT2D eigenvalue weighted by atomic mass is 35.5. The normalized spacial score (nSPS) is 13.8. The van der Waals surface area contributed by atoms with Crippen molar-refractivity contribution < 1.29 is 19.1 Å². The van der Waals surface area contributed by atoms with Crippen LogP contribution < -0.4 is 14.8 Å². The average molecular weight is 404 g/mol. The van der Waals surface area contributed by atoms with Crippen LogP contribution in [-0.4, -0.2) is 62.1 Å². The van der Waals surface area contributed by atoms with E-state index >= 15 is 0 Å². The van der Waals surface area contributed by atoms with Crippen LogP contribution in [0.25, 0.3) is 0 Å². The van der Waals surface area contributed by atoms with E-state index in [-0.39, 0.29) is 11.9 Å². The first-order valence-corrected chi connectivity index (χ1v) is 9.22. The largest absolute Gasteiger partial charge is 0.497 e. The van der Waals surface area contributed by atoms with Crippen molar-refractivity contribution in [3.63, 3.8) is 0 Å². The second-order valence-electron chi connectivity index (χ2n) is 6.29. The topological polar surface area (TPSA) is 71.1 Å². The second-order valence-corrected chi connectivity index (χ2v) is 6.70. The van der Waals surface area contributed by atoms with Crippen molar-refractivity contribution in [2.45, 2.75) is 0 Å². The number of nitrogens with zero attached hydrogens (tertiary/aromatic N) is 2. The quantitative estimate of drug-likeness (QED) is 0.849. The molecule has 1 aliphatic heterocycles. The van der Waals surface area contributed by atoms with E-state index < -0.39 is 0 Å². The van der Waals surface area contributed by atoms with E-state index in [9.17, 15) is 9.59 Å². The summed E-state index contributed by atoms with van der Waals surface area (Å²) in [4.78, 5) is 28.7. The summed E-state index contributed by atoms with van der Waals surface area (Å²) in [7, 11) is 3.08. The van der Waals surface area contributed by atoms with E-state index in [4.69, 9.17) is 21.1 Å². The molecule has 1 heterocycles. The number of urea groups is 1. The Hall–Kier alpha value is -2.93. The number of carbonyl (C=O) groups is 2. The molecule has 8 heteroatoms. The Morgan fingerprint density at radius 1 is 0.929 bits per heavy atom. The number of methoxy groups -OCH3 is 2. The number of halogens is 1. The molecular weight excluding hydrogens is 382 g/mol. The number of amides is 3. The summed E-state index contributed by atoms with van der Waals surface area (Å²) in [5, 5.41) is 3.29. The predicted octanol–water partition coefficient (Wildman–Crippen LogP) is 3.35. The highest BCUT2D eigenvalue weighted by Gasteiger charge is 2.25. The molecule has 28 heavy (non-hydrogen) atoms. The minimum Gasteiger partial charge on any atom is -0.497 e. The van der Waals surface area contributed by atoms with Gasteiger partial charge in [0.1, 0.15) is 11.5 Å². The summed E-state index contributed by atoms with van der Waals surface area (Å²) >= 11 is 6.08. The maximum absolute atomic E-state index is 12.8. The Kier molecular flexibility index (Phi) is 6.26. The lowest BCUT2D eigenvalue weighted by Crippen LogP contribution is -2.51. The van der Waals surface area contributed by atoms with Crippen LogP contribution in [0.15, 0.2) is 42.5 Å². The highest BCUT2D eigenvalue weighted by Crippen LogP contribution is 2.24. The van der Waals surface area contributed by atoms with Crippen molar-refractivity contribution in [1.29, 1.82) is 0 Å². The molecule has 3 rings (SSSR count). The lowest BCUT2D eigenvalue weighted by Gasteiger charge is -2.34. The maximum Gasteiger partial charge on any atom is 0.322 e. The fourth-order valence-electron chi connectivity index (χ4n) is 2.98. The van der Waals surface area contributed by atoms with Crippen LogP contribution in [0, 0.1) is 0 Å². The number of hydrogen-bond acceptors (Lipinski definition) is 4. The zero-order valence-corrected chi connectivity index (χ0v) is 16.5. The van der Waals surface area contributed by atoms with Gasteiger partial charge < -0.3 is 24.6 Å². The van der Waals surface area contributed by atoms with Crippen LogP contribution in [0.3, 0.4) is 0 Å². The van der Waals surface area contributed by atoms with E-state index in [0.717, 1.165) is 0 Å². The molecule has 1 N–H and O–H groups in total. The van der Waals surface area contributed by atoms with Crippen molar-refractivity contribution in [1.82, 2.24) is 9.80 Å². The van der Waals surface area contributed by atoms with Gasteiger partial charge in [-0.05, 0) is 24.3 Å². The summed E-state index contributed by atoms with van der Waals surface area (Å²) in [6.07, 6.45) is 0. The third-order valence-corrected chi connectivity index (χ3v) is 4.90. The molecule has 0 atom stereocenters. The third-order valence-electron chi connectivity index (χ3n) is 4.57. The molecule has 7 nitrogen and oxygen atoms in total. The van der Waals surface area contributed by atoms with Crippen molar-refractivity contribution in [3.05, 3.63) is 53.1 Å². The number of ether oxygens (including phenoxy) is 2. The fourth-order valence-corrected chi connectivity index (χ4v) is 3.17. The Labute approximate surface area is 168 Å². The molecule has 0 aliphatic carbocycles. The number of carbonyl (C=O) groups excluding carboxylic acids is 2. The summed E-state index contributed by atoms with van der Waals surface area (Å²) in [6, 6.07) is 11.9. The molecule has 1 fully saturated rings. The lowest BCUT2D eigenvalue weighted by molar-refractivity contribution is 0.0671. The van der Waals surface area contributed by atoms with E-state index in [0.29, 0.717) is 54.0 Å². The summed E-state index contributed by atoms with van der Waals surface area (Å²) < 4.78 is 10.5. The molecule has 2 aromatic carbocycles. The molecule has 0 spiro atoms. The maximum atomic E-state index is 12.8. The number of anilines is 1. The van der Waals surface area contributed by atoms with Gasteiger partial charge in [-0.2, -0.15) is 0 Å². The predicted molar refractivity (Wildman–Crippen MR) is 107 cm³/mol. The van der Waals surface area contributed by atoms with Gasteiger partial charge in [0.15, 0.2) is 0 Å². The molecule has 0 radical (unpaired) electrons. The molecular formula is C20H22ClN3O4. The SMILES string of the molecule is COc1cc(OC)cc(C(=O)N2CCN(C(=O)Nc3ccccc3Cl)CC2)c1. The minimum absolute atomic E-state index is 0.122. The lowest BCUT2D eigenvalue weighted by atomic mass is 10.1. The second kappa shape index (κ2) is 8.84. The van der Waals surface area contributed by atoms with Crippen molar-refractivity contribution in [2.75, 3.05) is 45.7 Å². The van der Waals surface area contributed by atoms with Crippen molar-refractivity contribution in [2.24, 2.45) is 0 Å². The fraction of sp³-hybridized carbons (Fsp3) is 0.300. The van der Waals surface area contributed by atoms with E-state index in [1.165, 1.54) is 0 Å². The molecule has 0 unspecified atom stereocenters. The third kappa shape index (κ3) is 4.48. The number of nitrogens with one attached hydrogen (secondary N) is 1. The van der Waals surface area contributed by atoms with Crippen molar-refractivity contribution >= 4 is 29.2 Å². The number of piperazine rings is 1. The monoisotopic (exact) mass is 403 g/mol. The molecule has 0 bridgehead atoms. The zero-order valence-electron chi connectivity index (χ0n) is 15.8. The van der Waals surface area contributed by atoms with Crippen LogP contribution in [0.4, 0.5) is 10.5 Å². The minimum atomic E-state index is -0.233. The van der Waals surface area contributed by atoms with Gasteiger partial charge in [-0.15, -0.1) is 0 Å². The summed E-state index contributed by atoms with van der Waals surface area (Å²) in [5.74, 6) is 0.990. The summed E-state index contributed by atoms with van der Waals surface area (Å²) in [6.45, 7) is 1.74. The van der Waals surface area contributed by atoms with Gasteiger partial charge in [0.05, 0.1) is 24.9 Å². The first-order valence-electron chi connectivity index (χ1n) is 8.84. The molecule has 0 aromatic heterocycles. The van der Waals surface area contributed by atoms with Gasteiger partial charge in [-0.3, -0.25) is 4.79 Å².